The molecule has 146 valence electrons. The molecule has 2 heterocycles. The number of β-amino-alcohol motifs (C(OH)–C–C–N with tert-alkyl or cyclic N) is 1. The number of anilines is 1. The number of aliphatic hydroxyl groups is 1. The van der Waals surface area contributed by atoms with Gasteiger partial charge in [-0.3, -0.25) is 0 Å². The number of likely N-dealkylation sites (N-methyl/N-ethyl adjacent to an activating group) is 1. The number of nitrogens with zero attached hydrogens (tertiary/aromatic N) is 3. The largest absolute Gasteiger partial charge is 0.507 e. The number of nitrogens with one attached hydrogen (secondary N) is 1. The van der Waals surface area contributed by atoms with Crippen LogP contribution in [-0.4, -0.2) is 57.6 Å². The fourth-order valence-electron chi connectivity index (χ4n) is 4.39. The maximum atomic E-state index is 10.5. The van der Waals surface area contributed by atoms with Crippen LogP contribution in [0.25, 0.3) is 11.3 Å². The van der Waals surface area contributed by atoms with Crippen molar-refractivity contribution < 1.29 is 10.2 Å². The van der Waals surface area contributed by atoms with E-state index in [2.05, 4.69) is 26.3 Å². The van der Waals surface area contributed by atoms with Gasteiger partial charge in [-0.15, -0.1) is 16.6 Å². The molecule has 6 nitrogen and oxygen atoms in total. The Morgan fingerprint density at radius 1 is 1.18 bits per heavy atom. The minimum absolute atomic E-state index is 0.135. The van der Waals surface area contributed by atoms with Crippen LogP contribution in [0, 0.1) is 12.3 Å². The second-order valence-electron chi connectivity index (χ2n) is 7.89. The smallest absolute Gasteiger partial charge is 0.152 e. The maximum absolute atomic E-state index is 10.5. The molecule has 0 bridgehead atoms. The Kier molecular flexibility index (Phi) is 5.21. The van der Waals surface area contributed by atoms with Crippen LogP contribution in [0.2, 0.25) is 0 Å². The molecule has 1 aliphatic heterocycles. The minimum atomic E-state index is -0.328. The number of rotatable bonds is 3. The Morgan fingerprint density at radius 2 is 1.96 bits per heavy atom. The highest BCUT2D eigenvalue weighted by atomic mass is 16.3. The van der Waals surface area contributed by atoms with Gasteiger partial charge in [0.2, 0.25) is 0 Å². The average Bonchev–Trinajstić information content (AvgIpc) is 2.68. The fourth-order valence-corrected chi connectivity index (χ4v) is 4.39. The van der Waals surface area contributed by atoms with Crippen molar-refractivity contribution in [3.8, 4) is 29.4 Å². The van der Waals surface area contributed by atoms with Crippen LogP contribution in [0.1, 0.15) is 36.0 Å². The Balaban J connectivity index is 1.69. The van der Waals surface area contributed by atoms with Gasteiger partial charge in [-0.05, 0) is 62.9 Å². The molecule has 0 unspecified atom stereocenters. The first-order valence-corrected chi connectivity index (χ1v) is 9.86. The van der Waals surface area contributed by atoms with Gasteiger partial charge in [-0.25, -0.2) is 0 Å². The first-order chi connectivity index (χ1) is 13.5. The van der Waals surface area contributed by atoms with Gasteiger partial charge in [-0.1, -0.05) is 5.92 Å². The Morgan fingerprint density at radius 3 is 2.68 bits per heavy atom. The summed E-state index contributed by atoms with van der Waals surface area (Å²) in [5.41, 5.74) is 4.38. The molecule has 2 atom stereocenters. The van der Waals surface area contributed by atoms with E-state index >= 15 is 0 Å². The van der Waals surface area contributed by atoms with E-state index in [1.807, 2.05) is 19.2 Å². The number of likely N-dealkylation sites (tertiary alicyclic amines) is 1. The zero-order chi connectivity index (χ0) is 19.7. The first-order valence-electron chi connectivity index (χ1n) is 9.86. The van der Waals surface area contributed by atoms with E-state index in [-0.39, 0.29) is 17.9 Å². The molecule has 1 aromatic carbocycles. The van der Waals surface area contributed by atoms with Gasteiger partial charge in [0.15, 0.2) is 5.82 Å². The van der Waals surface area contributed by atoms with Crippen molar-refractivity contribution in [2.45, 2.75) is 44.2 Å². The highest BCUT2D eigenvalue weighted by molar-refractivity contribution is 5.73. The molecular formula is C22H26N4O2. The van der Waals surface area contributed by atoms with Crippen molar-refractivity contribution in [1.29, 1.82) is 0 Å². The van der Waals surface area contributed by atoms with E-state index in [0.717, 1.165) is 49.3 Å². The summed E-state index contributed by atoms with van der Waals surface area (Å²) in [6.45, 7) is 1.57. The van der Waals surface area contributed by atoms with Crippen molar-refractivity contribution in [2.75, 3.05) is 25.5 Å². The number of benzene rings is 1. The van der Waals surface area contributed by atoms with Gasteiger partial charge in [0.1, 0.15) is 11.4 Å². The molecule has 1 aromatic heterocycles. The van der Waals surface area contributed by atoms with Gasteiger partial charge in [0.05, 0.1) is 6.10 Å². The summed E-state index contributed by atoms with van der Waals surface area (Å²) in [6, 6.07) is 5.38. The zero-order valence-corrected chi connectivity index (χ0v) is 16.1. The molecule has 3 N–H and O–H groups in total. The third-order valence-corrected chi connectivity index (χ3v) is 5.66. The number of fused-ring (bicyclic) bond motifs is 1. The lowest BCUT2D eigenvalue weighted by molar-refractivity contribution is 0.0778. The molecule has 1 fully saturated rings. The number of aromatic nitrogens is 2. The van der Waals surface area contributed by atoms with Gasteiger partial charge in [-0.2, -0.15) is 0 Å². The summed E-state index contributed by atoms with van der Waals surface area (Å²) in [6.07, 6.45) is 9.87. The Labute approximate surface area is 165 Å². The first kappa shape index (κ1) is 18.7. The van der Waals surface area contributed by atoms with E-state index in [4.69, 9.17) is 6.42 Å². The normalized spacial score (nSPS) is 22.3. The fraction of sp³-hybridized carbons (Fsp3) is 0.455. The van der Waals surface area contributed by atoms with Crippen LogP contribution < -0.4 is 5.32 Å². The second-order valence-corrected chi connectivity index (χ2v) is 7.89. The highest BCUT2D eigenvalue weighted by Gasteiger charge is 2.27. The molecule has 2 aliphatic rings. The lowest BCUT2D eigenvalue weighted by Gasteiger charge is -2.34. The average molecular weight is 378 g/mol. The number of piperidine rings is 1. The molecule has 1 aliphatic carbocycles. The Hall–Kier alpha value is -2.62. The lowest BCUT2D eigenvalue weighted by atomic mass is 9.88. The molecular weight excluding hydrogens is 352 g/mol. The standard InChI is InChI=1S/C22H26N4O2/c1-3-14-8-9-19(20(28)10-14)21-17-6-4-5-7-18(17)22(25-24-21)23-15-11-16(27)13-26(2)12-15/h1,8-10,15-16,27-28H,4-7,11-13H2,2H3,(H,23,25)/t15-,16+/m1/s1. The maximum Gasteiger partial charge on any atom is 0.152 e. The van der Waals surface area contributed by atoms with Crippen molar-refractivity contribution in [3.05, 3.63) is 34.9 Å². The number of hydrogen-bond acceptors (Lipinski definition) is 6. The number of hydrogen-bond donors (Lipinski definition) is 3. The predicted octanol–water partition coefficient (Wildman–Crippen LogP) is 2.19. The summed E-state index contributed by atoms with van der Waals surface area (Å²) >= 11 is 0. The van der Waals surface area contributed by atoms with Crippen LogP contribution in [0.4, 0.5) is 5.82 Å². The molecule has 0 radical (unpaired) electrons. The third kappa shape index (κ3) is 3.68. The van der Waals surface area contributed by atoms with Gasteiger partial charge in [0, 0.05) is 35.8 Å². The molecule has 0 spiro atoms. The quantitative estimate of drug-likeness (QED) is 0.711. The van der Waals surface area contributed by atoms with E-state index in [0.29, 0.717) is 24.1 Å². The van der Waals surface area contributed by atoms with Gasteiger partial charge in [0.25, 0.3) is 0 Å². The summed E-state index contributed by atoms with van der Waals surface area (Å²) in [5.74, 6) is 3.49. The zero-order valence-electron chi connectivity index (χ0n) is 16.1. The van der Waals surface area contributed by atoms with E-state index in [1.54, 1.807) is 6.07 Å². The van der Waals surface area contributed by atoms with E-state index < -0.39 is 0 Å². The summed E-state index contributed by atoms with van der Waals surface area (Å²) in [7, 11) is 2.02. The topological polar surface area (TPSA) is 81.5 Å². The van der Waals surface area contributed by atoms with Crippen LogP contribution in [0.5, 0.6) is 5.75 Å². The molecule has 4 rings (SSSR count). The van der Waals surface area contributed by atoms with Crippen LogP contribution in [0.15, 0.2) is 18.2 Å². The van der Waals surface area contributed by atoms with Crippen molar-refractivity contribution in [1.82, 2.24) is 15.1 Å². The van der Waals surface area contributed by atoms with Crippen LogP contribution in [-0.2, 0) is 12.8 Å². The van der Waals surface area contributed by atoms with Gasteiger partial charge >= 0.3 is 0 Å². The number of phenols is 1. The molecule has 28 heavy (non-hydrogen) atoms. The Bertz CT molecular complexity index is 911. The third-order valence-electron chi connectivity index (χ3n) is 5.66. The summed E-state index contributed by atoms with van der Waals surface area (Å²) < 4.78 is 0. The van der Waals surface area contributed by atoms with Crippen molar-refractivity contribution >= 4 is 5.82 Å². The SMILES string of the molecule is C#Cc1ccc(-c2nnc(N[C@@H]3C[C@H](O)CN(C)C3)c3c2CCCC3)c(O)c1. The summed E-state index contributed by atoms with van der Waals surface area (Å²) in [4.78, 5) is 2.13. The lowest BCUT2D eigenvalue weighted by Crippen LogP contribution is -2.46. The second kappa shape index (κ2) is 7.78. The van der Waals surface area contributed by atoms with E-state index in [9.17, 15) is 10.2 Å². The highest BCUT2D eigenvalue weighted by Crippen LogP contribution is 2.37. The van der Waals surface area contributed by atoms with Crippen LogP contribution in [0.3, 0.4) is 0 Å². The number of aliphatic hydroxyl groups excluding tert-OH is 1. The van der Waals surface area contributed by atoms with Crippen molar-refractivity contribution in [3.63, 3.8) is 0 Å². The number of phenolic OH excluding ortho intramolecular Hbond substituents is 1. The number of terminal acetylenes is 1. The number of aromatic hydroxyl groups is 1. The van der Waals surface area contributed by atoms with Crippen LogP contribution >= 0.6 is 0 Å². The molecule has 6 heteroatoms. The predicted molar refractivity (Wildman–Crippen MR) is 109 cm³/mol. The molecule has 1 saturated heterocycles. The summed E-state index contributed by atoms with van der Waals surface area (Å²) in [5, 5.41) is 33.0. The molecule has 0 saturated carbocycles. The van der Waals surface area contributed by atoms with Crippen molar-refractivity contribution in [2.24, 2.45) is 0 Å². The minimum Gasteiger partial charge on any atom is -0.507 e. The molecule has 0 amide bonds. The monoisotopic (exact) mass is 378 g/mol. The molecule has 2 aromatic rings. The van der Waals surface area contributed by atoms with Gasteiger partial charge < -0.3 is 20.4 Å². The van der Waals surface area contributed by atoms with E-state index in [1.165, 1.54) is 5.56 Å².